The summed E-state index contributed by atoms with van der Waals surface area (Å²) in [5.41, 5.74) is 5.31. The first kappa shape index (κ1) is 20.1. The second kappa shape index (κ2) is 9.52. The predicted molar refractivity (Wildman–Crippen MR) is 109 cm³/mol. The Labute approximate surface area is 168 Å². The lowest BCUT2D eigenvalue weighted by Crippen LogP contribution is -2.19. The zero-order valence-electron chi connectivity index (χ0n) is 16.1. The summed E-state index contributed by atoms with van der Waals surface area (Å²) in [6, 6.07) is 10.8. The fourth-order valence-corrected chi connectivity index (χ4v) is 2.50. The van der Waals surface area contributed by atoms with Crippen molar-refractivity contribution in [1.82, 2.24) is 20.4 Å². The highest BCUT2D eigenvalue weighted by atomic mass is 16.5. The summed E-state index contributed by atoms with van der Waals surface area (Å²) < 4.78 is 5.32. The average molecular weight is 391 g/mol. The van der Waals surface area contributed by atoms with Gasteiger partial charge in [-0.3, -0.25) is 9.78 Å². The van der Waals surface area contributed by atoms with Crippen molar-refractivity contribution in [2.45, 2.75) is 20.0 Å². The summed E-state index contributed by atoms with van der Waals surface area (Å²) >= 11 is 0. The monoisotopic (exact) mass is 391 g/mol. The van der Waals surface area contributed by atoms with Gasteiger partial charge in [0.15, 0.2) is 0 Å². The van der Waals surface area contributed by atoms with E-state index in [2.05, 4.69) is 25.5 Å². The van der Waals surface area contributed by atoms with Gasteiger partial charge in [0.1, 0.15) is 5.69 Å². The van der Waals surface area contributed by atoms with E-state index in [9.17, 15) is 9.90 Å². The number of nitrogens with zero attached hydrogens (tertiary/aromatic N) is 4. The van der Waals surface area contributed by atoms with E-state index in [1.54, 1.807) is 37.5 Å². The maximum absolute atomic E-state index is 12.3. The molecule has 0 aliphatic rings. The van der Waals surface area contributed by atoms with Crippen LogP contribution in [0.5, 0.6) is 5.88 Å². The molecular formula is C21H21N5O3. The van der Waals surface area contributed by atoms with Gasteiger partial charge >= 0.3 is 0 Å². The first-order valence-corrected chi connectivity index (χ1v) is 9.09. The molecule has 3 rings (SSSR count). The van der Waals surface area contributed by atoms with Crippen LogP contribution in [0, 0.1) is 0 Å². The van der Waals surface area contributed by atoms with Gasteiger partial charge in [0.2, 0.25) is 5.88 Å². The standard InChI is InChI=1S/C21H21N5O3/c1-3-29-20-8-7-17(11-23-20)18-12-22-13-19(25-18)21(28)26-24-10-15-5-4-6-16(9-15)14(2)27/h4-14,27H,3H2,1-2H3,(H,26,28)/b24-10+. The van der Waals surface area contributed by atoms with Crippen molar-refractivity contribution in [2.24, 2.45) is 5.10 Å². The summed E-state index contributed by atoms with van der Waals surface area (Å²) in [6.07, 6.45) is 5.46. The van der Waals surface area contributed by atoms with Crippen LogP contribution in [0.1, 0.15) is 41.6 Å². The summed E-state index contributed by atoms with van der Waals surface area (Å²) in [5.74, 6) is 0.0354. The predicted octanol–water partition coefficient (Wildman–Crippen LogP) is 2.75. The van der Waals surface area contributed by atoms with Crippen molar-refractivity contribution >= 4 is 12.1 Å². The molecule has 0 saturated carbocycles. The quantitative estimate of drug-likeness (QED) is 0.473. The molecule has 1 atom stereocenters. The molecule has 1 unspecified atom stereocenters. The Bertz CT molecular complexity index is 1000. The Morgan fingerprint density at radius 3 is 2.86 bits per heavy atom. The Hall–Kier alpha value is -3.65. The number of aromatic nitrogens is 3. The summed E-state index contributed by atoms with van der Waals surface area (Å²) in [6.45, 7) is 4.10. The van der Waals surface area contributed by atoms with Crippen molar-refractivity contribution in [3.05, 3.63) is 71.8 Å². The minimum atomic E-state index is -0.576. The van der Waals surface area contributed by atoms with Crippen molar-refractivity contribution in [3.8, 4) is 17.1 Å². The number of rotatable bonds is 7. The molecule has 0 aliphatic carbocycles. The third-order valence-corrected chi connectivity index (χ3v) is 3.96. The fourth-order valence-electron chi connectivity index (χ4n) is 2.50. The van der Waals surface area contributed by atoms with Crippen LogP contribution in [0.2, 0.25) is 0 Å². The highest BCUT2D eigenvalue weighted by Gasteiger charge is 2.10. The SMILES string of the molecule is CCOc1ccc(-c2cncc(C(=O)N/N=C/c3cccc(C(C)O)c3)n2)cn1. The van der Waals surface area contributed by atoms with Crippen LogP contribution in [0.25, 0.3) is 11.3 Å². The van der Waals surface area contributed by atoms with E-state index in [1.807, 2.05) is 25.1 Å². The molecular weight excluding hydrogens is 370 g/mol. The van der Waals surface area contributed by atoms with E-state index in [4.69, 9.17) is 4.74 Å². The molecule has 8 heteroatoms. The first-order valence-electron chi connectivity index (χ1n) is 9.09. The van der Waals surface area contributed by atoms with Crippen LogP contribution in [0.15, 0.2) is 60.1 Å². The fraction of sp³-hybridized carbons (Fsp3) is 0.190. The minimum Gasteiger partial charge on any atom is -0.478 e. The lowest BCUT2D eigenvalue weighted by Gasteiger charge is -2.05. The number of hydrogen-bond acceptors (Lipinski definition) is 7. The smallest absolute Gasteiger partial charge is 0.291 e. The third-order valence-electron chi connectivity index (χ3n) is 3.96. The number of aliphatic hydroxyl groups excluding tert-OH is 1. The van der Waals surface area contributed by atoms with Crippen molar-refractivity contribution in [3.63, 3.8) is 0 Å². The van der Waals surface area contributed by atoms with Gasteiger partial charge < -0.3 is 9.84 Å². The second-order valence-corrected chi connectivity index (χ2v) is 6.15. The molecule has 1 aromatic carbocycles. The Morgan fingerprint density at radius 2 is 2.14 bits per heavy atom. The van der Waals surface area contributed by atoms with E-state index in [1.165, 1.54) is 12.4 Å². The van der Waals surface area contributed by atoms with Crippen molar-refractivity contribution < 1.29 is 14.6 Å². The first-order chi connectivity index (χ1) is 14.1. The number of amides is 1. The molecule has 8 nitrogen and oxygen atoms in total. The van der Waals surface area contributed by atoms with Gasteiger partial charge in [0, 0.05) is 17.8 Å². The molecule has 0 aliphatic heterocycles. The second-order valence-electron chi connectivity index (χ2n) is 6.15. The molecule has 148 valence electrons. The average Bonchev–Trinajstić information content (AvgIpc) is 2.75. The van der Waals surface area contributed by atoms with Gasteiger partial charge in [-0.05, 0) is 37.1 Å². The van der Waals surface area contributed by atoms with Gasteiger partial charge in [-0.2, -0.15) is 5.10 Å². The van der Waals surface area contributed by atoms with Crippen LogP contribution < -0.4 is 10.2 Å². The van der Waals surface area contributed by atoms with Gasteiger partial charge in [-0.25, -0.2) is 15.4 Å². The van der Waals surface area contributed by atoms with Crippen LogP contribution in [0.3, 0.4) is 0 Å². The number of aliphatic hydroxyl groups is 1. The number of hydrogen-bond donors (Lipinski definition) is 2. The molecule has 2 aromatic heterocycles. The largest absolute Gasteiger partial charge is 0.478 e. The lowest BCUT2D eigenvalue weighted by molar-refractivity contribution is 0.0950. The van der Waals surface area contributed by atoms with Crippen LogP contribution in [0.4, 0.5) is 0 Å². The highest BCUT2D eigenvalue weighted by Crippen LogP contribution is 2.18. The molecule has 0 fully saturated rings. The number of nitrogens with one attached hydrogen (secondary N) is 1. The van der Waals surface area contributed by atoms with E-state index in [-0.39, 0.29) is 5.69 Å². The maximum atomic E-state index is 12.3. The van der Waals surface area contributed by atoms with Crippen LogP contribution in [-0.4, -0.2) is 38.8 Å². The summed E-state index contributed by atoms with van der Waals surface area (Å²) in [4.78, 5) is 24.9. The lowest BCUT2D eigenvalue weighted by atomic mass is 10.1. The van der Waals surface area contributed by atoms with Crippen molar-refractivity contribution in [2.75, 3.05) is 6.61 Å². The molecule has 29 heavy (non-hydrogen) atoms. The zero-order chi connectivity index (χ0) is 20.6. The Morgan fingerprint density at radius 1 is 1.28 bits per heavy atom. The number of carbonyl (C=O) groups excluding carboxylic acids is 1. The van der Waals surface area contributed by atoms with E-state index in [0.717, 1.165) is 11.1 Å². The summed E-state index contributed by atoms with van der Waals surface area (Å²) in [7, 11) is 0. The number of hydrazone groups is 1. The topological polar surface area (TPSA) is 110 Å². The van der Waals surface area contributed by atoms with Crippen LogP contribution >= 0.6 is 0 Å². The minimum absolute atomic E-state index is 0.131. The Kier molecular flexibility index (Phi) is 6.59. The van der Waals surface area contributed by atoms with Gasteiger partial charge in [-0.15, -0.1) is 0 Å². The van der Waals surface area contributed by atoms with E-state index < -0.39 is 12.0 Å². The molecule has 0 spiro atoms. The van der Waals surface area contributed by atoms with Gasteiger partial charge in [0.25, 0.3) is 5.91 Å². The number of pyridine rings is 1. The molecule has 2 N–H and O–H groups in total. The van der Waals surface area contributed by atoms with Crippen molar-refractivity contribution in [1.29, 1.82) is 0 Å². The van der Waals surface area contributed by atoms with E-state index >= 15 is 0 Å². The van der Waals surface area contributed by atoms with E-state index in [0.29, 0.717) is 23.7 Å². The molecule has 3 aromatic rings. The van der Waals surface area contributed by atoms with Crippen LogP contribution in [-0.2, 0) is 0 Å². The highest BCUT2D eigenvalue weighted by molar-refractivity contribution is 5.93. The maximum Gasteiger partial charge on any atom is 0.291 e. The van der Waals surface area contributed by atoms with Gasteiger partial charge in [0.05, 0.1) is 37.0 Å². The molecule has 0 bridgehead atoms. The normalized spacial score (nSPS) is 12.0. The summed E-state index contributed by atoms with van der Waals surface area (Å²) in [5, 5.41) is 13.6. The number of ether oxygens (including phenoxy) is 1. The van der Waals surface area contributed by atoms with Gasteiger partial charge in [-0.1, -0.05) is 18.2 Å². The Balaban J connectivity index is 1.68. The third kappa shape index (κ3) is 5.43. The molecule has 0 radical (unpaired) electrons. The molecule has 2 heterocycles. The molecule has 1 amide bonds. The molecule has 0 saturated heterocycles. The number of benzene rings is 1. The number of carbonyl (C=O) groups is 1. The zero-order valence-corrected chi connectivity index (χ0v) is 16.1.